The van der Waals surface area contributed by atoms with Crippen LogP contribution in [0.5, 0.6) is 0 Å². The number of nitrogens with two attached hydrogens (primary N) is 1. The number of carbonyl (C=O) groups excluding carboxylic acids is 1. The van der Waals surface area contributed by atoms with Crippen molar-refractivity contribution in [2.24, 2.45) is 5.73 Å². The van der Waals surface area contributed by atoms with Crippen molar-refractivity contribution in [1.82, 2.24) is 0 Å². The van der Waals surface area contributed by atoms with Crippen molar-refractivity contribution in [2.45, 2.75) is 19.9 Å². The lowest BCUT2D eigenvalue weighted by Crippen LogP contribution is -2.08. The van der Waals surface area contributed by atoms with Gasteiger partial charge in [0.2, 0.25) is 0 Å². The third-order valence-electron chi connectivity index (χ3n) is 3.24. The minimum Gasteiger partial charge on any atom is -0.326 e. The van der Waals surface area contributed by atoms with E-state index >= 15 is 0 Å². The van der Waals surface area contributed by atoms with E-state index in [4.69, 9.17) is 5.73 Å². The summed E-state index contributed by atoms with van der Waals surface area (Å²) in [5, 5.41) is 0. The van der Waals surface area contributed by atoms with Crippen molar-refractivity contribution in [3.63, 3.8) is 0 Å². The first-order valence-electron chi connectivity index (χ1n) is 6.38. The molecule has 2 aromatic rings. The van der Waals surface area contributed by atoms with Gasteiger partial charge in [0.15, 0.2) is 5.78 Å². The van der Waals surface area contributed by atoms with Crippen molar-refractivity contribution in [3.8, 4) is 0 Å². The fourth-order valence-corrected chi connectivity index (χ4v) is 2.68. The highest BCUT2D eigenvalue weighted by molar-refractivity contribution is 9.10. The Hall–Kier alpha value is -1.52. The van der Waals surface area contributed by atoms with Crippen LogP contribution in [0.3, 0.4) is 0 Å². The van der Waals surface area contributed by atoms with Crippen LogP contribution in [0.2, 0.25) is 0 Å². The standard InChI is InChI=1S/C16H15BrFNO/c1-2-10-8-15(17)14(7-12(10)9-19)16(20)11-3-5-13(18)6-4-11/h3-8H,2,9,19H2,1H3. The second-order valence-corrected chi connectivity index (χ2v) is 5.35. The normalized spacial score (nSPS) is 10.6. The first-order valence-corrected chi connectivity index (χ1v) is 7.17. The molecule has 0 aromatic heterocycles. The molecule has 2 rings (SSSR count). The molecule has 2 N–H and O–H groups in total. The molecule has 0 fully saturated rings. The quantitative estimate of drug-likeness (QED) is 0.862. The Balaban J connectivity index is 2.46. The molecule has 20 heavy (non-hydrogen) atoms. The SMILES string of the molecule is CCc1cc(Br)c(C(=O)c2ccc(F)cc2)cc1CN. The maximum atomic E-state index is 12.9. The molecule has 0 spiro atoms. The summed E-state index contributed by atoms with van der Waals surface area (Å²) < 4.78 is 13.6. The van der Waals surface area contributed by atoms with Crippen molar-refractivity contribution >= 4 is 21.7 Å². The maximum Gasteiger partial charge on any atom is 0.194 e. The van der Waals surface area contributed by atoms with E-state index in [0.717, 1.165) is 22.0 Å². The van der Waals surface area contributed by atoms with Crippen molar-refractivity contribution in [1.29, 1.82) is 0 Å². The molecule has 104 valence electrons. The molecule has 0 radical (unpaired) electrons. The summed E-state index contributed by atoms with van der Waals surface area (Å²) in [7, 11) is 0. The van der Waals surface area contributed by atoms with E-state index in [2.05, 4.69) is 15.9 Å². The molecule has 0 heterocycles. The Labute approximate surface area is 125 Å². The zero-order valence-corrected chi connectivity index (χ0v) is 12.7. The van der Waals surface area contributed by atoms with Gasteiger partial charge in [0.05, 0.1) is 0 Å². The smallest absolute Gasteiger partial charge is 0.194 e. The van der Waals surface area contributed by atoms with Gasteiger partial charge in [-0.3, -0.25) is 4.79 Å². The number of aryl methyl sites for hydroxylation is 1. The van der Waals surface area contributed by atoms with Crippen LogP contribution in [0.15, 0.2) is 40.9 Å². The van der Waals surface area contributed by atoms with Crippen molar-refractivity contribution in [3.05, 3.63) is 68.9 Å². The second kappa shape index (κ2) is 6.29. The fraction of sp³-hybridized carbons (Fsp3) is 0.188. The molecule has 0 aliphatic heterocycles. The number of halogens is 2. The molecule has 0 unspecified atom stereocenters. The molecule has 0 amide bonds. The highest BCUT2D eigenvalue weighted by atomic mass is 79.9. The summed E-state index contributed by atoms with van der Waals surface area (Å²) >= 11 is 3.43. The van der Waals surface area contributed by atoms with Gasteiger partial charge in [0, 0.05) is 22.1 Å². The molecule has 2 aromatic carbocycles. The molecule has 0 aliphatic rings. The van der Waals surface area contributed by atoms with Gasteiger partial charge in [-0.05, 0) is 53.9 Å². The van der Waals surface area contributed by atoms with Crippen LogP contribution in [-0.4, -0.2) is 5.78 Å². The third kappa shape index (κ3) is 2.97. The lowest BCUT2D eigenvalue weighted by molar-refractivity contribution is 0.103. The Morgan fingerprint density at radius 2 is 1.85 bits per heavy atom. The number of benzene rings is 2. The molecular formula is C16H15BrFNO. The van der Waals surface area contributed by atoms with E-state index in [1.165, 1.54) is 24.3 Å². The van der Waals surface area contributed by atoms with Gasteiger partial charge in [-0.15, -0.1) is 0 Å². The zero-order chi connectivity index (χ0) is 14.7. The molecule has 0 bridgehead atoms. The van der Waals surface area contributed by atoms with Gasteiger partial charge >= 0.3 is 0 Å². The largest absolute Gasteiger partial charge is 0.326 e. The highest BCUT2D eigenvalue weighted by Gasteiger charge is 2.15. The van der Waals surface area contributed by atoms with Crippen LogP contribution < -0.4 is 5.73 Å². The average molecular weight is 336 g/mol. The summed E-state index contributed by atoms with van der Waals surface area (Å²) in [6.45, 7) is 2.43. The highest BCUT2D eigenvalue weighted by Crippen LogP contribution is 2.25. The van der Waals surface area contributed by atoms with Crippen LogP contribution >= 0.6 is 15.9 Å². The van der Waals surface area contributed by atoms with E-state index in [9.17, 15) is 9.18 Å². The number of ketones is 1. The van der Waals surface area contributed by atoms with Crippen LogP contribution in [0.4, 0.5) is 4.39 Å². The molecular weight excluding hydrogens is 321 g/mol. The number of carbonyl (C=O) groups is 1. The van der Waals surface area contributed by atoms with Crippen LogP contribution in [0.1, 0.15) is 34.0 Å². The van der Waals surface area contributed by atoms with Crippen LogP contribution in [0, 0.1) is 5.82 Å². The number of hydrogen-bond donors (Lipinski definition) is 1. The first kappa shape index (κ1) is 14.9. The van der Waals surface area contributed by atoms with E-state index in [-0.39, 0.29) is 11.6 Å². The molecule has 0 saturated carbocycles. The maximum absolute atomic E-state index is 12.9. The number of rotatable bonds is 4. The van der Waals surface area contributed by atoms with Gasteiger partial charge in [0.1, 0.15) is 5.82 Å². The predicted molar refractivity (Wildman–Crippen MR) is 81.2 cm³/mol. The number of hydrogen-bond acceptors (Lipinski definition) is 2. The average Bonchev–Trinajstić information content (AvgIpc) is 2.47. The minimum absolute atomic E-state index is 0.144. The topological polar surface area (TPSA) is 43.1 Å². The van der Waals surface area contributed by atoms with Gasteiger partial charge in [-0.1, -0.05) is 22.9 Å². The van der Waals surface area contributed by atoms with E-state index in [0.29, 0.717) is 17.7 Å². The Kier molecular flexibility index (Phi) is 4.68. The summed E-state index contributed by atoms with van der Waals surface area (Å²) in [5.41, 5.74) is 8.82. The molecule has 2 nitrogen and oxygen atoms in total. The molecule has 0 aliphatic carbocycles. The second-order valence-electron chi connectivity index (χ2n) is 4.49. The lowest BCUT2D eigenvalue weighted by atomic mass is 9.97. The molecule has 0 atom stereocenters. The first-order chi connectivity index (χ1) is 9.56. The Bertz CT molecular complexity index is 638. The Morgan fingerprint density at radius 3 is 2.40 bits per heavy atom. The fourth-order valence-electron chi connectivity index (χ4n) is 2.11. The summed E-state index contributed by atoms with van der Waals surface area (Å²) in [6, 6.07) is 9.28. The summed E-state index contributed by atoms with van der Waals surface area (Å²) in [6.07, 6.45) is 0.857. The van der Waals surface area contributed by atoms with Crippen molar-refractivity contribution < 1.29 is 9.18 Å². The van der Waals surface area contributed by atoms with E-state index in [1.54, 1.807) is 0 Å². The molecule has 4 heteroatoms. The van der Waals surface area contributed by atoms with E-state index in [1.807, 2.05) is 19.1 Å². The molecule has 0 saturated heterocycles. The predicted octanol–water partition coefficient (Wildman–Crippen LogP) is 3.84. The van der Waals surface area contributed by atoms with E-state index < -0.39 is 0 Å². The minimum atomic E-state index is -0.357. The summed E-state index contributed by atoms with van der Waals surface area (Å²) in [5.74, 6) is -0.501. The van der Waals surface area contributed by atoms with Crippen molar-refractivity contribution in [2.75, 3.05) is 0 Å². The van der Waals surface area contributed by atoms with Crippen LogP contribution in [-0.2, 0) is 13.0 Å². The van der Waals surface area contributed by atoms with Crippen LogP contribution in [0.25, 0.3) is 0 Å². The van der Waals surface area contributed by atoms with Gasteiger partial charge in [-0.2, -0.15) is 0 Å². The monoisotopic (exact) mass is 335 g/mol. The zero-order valence-electron chi connectivity index (χ0n) is 11.1. The van der Waals surface area contributed by atoms with Gasteiger partial charge < -0.3 is 5.73 Å². The lowest BCUT2D eigenvalue weighted by Gasteiger charge is -2.11. The van der Waals surface area contributed by atoms with Gasteiger partial charge in [-0.25, -0.2) is 4.39 Å². The van der Waals surface area contributed by atoms with Gasteiger partial charge in [0.25, 0.3) is 0 Å². The third-order valence-corrected chi connectivity index (χ3v) is 3.90. The Morgan fingerprint density at radius 1 is 1.20 bits per heavy atom. The summed E-state index contributed by atoms with van der Waals surface area (Å²) in [4.78, 5) is 12.5.